The third kappa shape index (κ3) is 18.4. The molecule has 0 bridgehead atoms. The molecule has 404 valence electrons. The Morgan fingerprint density at radius 1 is 0.487 bits per heavy atom. The lowest BCUT2D eigenvalue weighted by atomic mass is 10.1. The first-order valence-electron chi connectivity index (χ1n) is 23.9. The maximum atomic E-state index is 12.4. The molecule has 2 heterocycles. The van der Waals surface area contributed by atoms with Crippen molar-refractivity contribution in [2.45, 2.75) is 26.3 Å². The van der Waals surface area contributed by atoms with Crippen LogP contribution in [-0.2, 0) is 54.8 Å². The molecule has 76 heavy (non-hydrogen) atoms. The van der Waals surface area contributed by atoms with Crippen LogP contribution in [0.3, 0.4) is 0 Å². The van der Waals surface area contributed by atoms with Crippen LogP contribution in [-0.4, -0.2) is 132 Å². The molecule has 6 aromatic rings. The van der Waals surface area contributed by atoms with Gasteiger partial charge in [-0.05, 0) is 107 Å². The molecule has 0 aliphatic carbocycles. The standard InChI is InChI=1S/2C20H21NO6.C10H14O3.C7H8O2/c1-24-9-10-26-16-6-3-14(4-7-16)12-21-17-11-15(20(23)25-2)5-8-18(17)27-13-19(21)22;1-25-8-9-26-16-5-2-14(3-6-16)11-21-17-10-15(18(23)12-22)4-7-19(17)27-13-20(21)24;1-12-6-7-13-10-4-2-9(8-11)3-5-10;8-5-6-1-3-7(9)4-2-6/h3-8,11H,9-10,12-13H2,1-2H3;2-7,10,22H,8-9,11-13H2,1H3;2-5,11H,6-8H2,1H3;1-4,8-9H,5H2. The lowest BCUT2D eigenvalue weighted by Gasteiger charge is -2.30. The van der Waals surface area contributed by atoms with Crippen LogP contribution in [0.2, 0.25) is 0 Å². The molecule has 0 unspecified atom stereocenters. The number of ether oxygens (including phenoxy) is 9. The Labute approximate surface area is 441 Å². The van der Waals surface area contributed by atoms with Gasteiger partial charge in [0.25, 0.3) is 11.8 Å². The van der Waals surface area contributed by atoms with Crippen molar-refractivity contribution >= 4 is 34.9 Å². The zero-order chi connectivity index (χ0) is 54.7. The topological polar surface area (TPSA) is 239 Å². The summed E-state index contributed by atoms with van der Waals surface area (Å²) in [6.07, 6.45) is 0. The van der Waals surface area contributed by atoms with Crippen molar-refractivity contribution in [1.82, 2.24) is 0 Å². The SMILES string of the molecule is COCCOc1ccc(CN2C(=O)COc3ccc(C(=O)CO)cc32)cc1.COCCOc1ccc(CN2C(=O)COc3ccc(C(=O)OC)cc32)cc1.COCCOc1ccc(CO)cc1.OCc1ccc(O)cc1. The molecule has 8 rings (SSSR count). The summed E-state index contributed by atoms with van der Waals surface area (Å²) in [6, 6.07) is 38.4. The number of carbonyl (C=O) groups excluding carboxylic acids is 4. The van der Waals surface area contributed by atoms with Crippen LogP contribution < -0.4 is 33.5 Å². The van der Waals surface area contributed by atoms with Gasteiger partial charge in [0, 0.05) is 26.9 Å². The molecule has 0 fully saturated rings. The summed E-state index contributed by atoms with van der Waals surface area (Å²) in [7, 11) is 6.19. The quantitative estimate of drug-likeness (QED) is 0.0350. The minimum atomic E-state index is -0.585. The van der Waals surface area contributed by atoms with Crippen molar-refractivity contribution in [1.29, 1.82) is 0 Å². The van der Waals surface area contributed by atoms with Gasteiger partial charge in [-0.3, -0.25) is 14.4 Å². The number of nitrogens with zero attached hydrogens (tertiary/aromatic N) is 2. The van der Waals surface area contributed by atoms with Crippen LogP contribution in [0.1, 0.15) is 43.0 Å². The maximum absolute atomic E-state index is 12.4. The number of phenolic OH excluding ortho intramolecular Hbond substituents is 1. The van der Waals surface area contributed by atoms with E-state index in [4.69, 9.17) is 63.1 Å². The van der Waals surface area contributed by atoms with Crippen molar-refractivity contribution in [3.63, 3.8) is 0 Å². The van der Waals surface area contributed by atoms with Gasteiger partial charge >= 0.3 is 5.97 Å². The monoisotopic (exact) mass is 1050 g/mol. The van der Waals surface area contributed by atoms with Gasteiger partial charge in [-0.25, -0.2) is 4.79 Å². The minimum absolute atomic E-state index is 0.0281. The highest BCUT2D eigenvalue weighted by molar-refractivity contribution is 6.02. The molecule has 0 saturated heterocycles. The summed E-state index contributed by atoms with van der Waals surface area (Å²) in [5.41, 5.74) is 5.31. The number of Topliss-reactive ketones (excluding diaryl/α,β-unsaturated/α-hetero) is 1. The maximum Gasteiger partial charge on any atom is 0.337 e. The molecule has 2 amide bonds. The average Bonchev–Trinajstić information content (AvgIpc) is 3.46. The number of phenols is 1. The molecule has 0 radical (unpaired) electrons. The predicted molar refractivity (Wildman–Crippen MR) is 280 cm³/mol. The third-order valence-electron chi connectivity index (χ3n) is 11.1. The summed E-state index contributed by atoms with van der Waals surface area (Å²) in [4.78, 5) is 51.5. The van der Waals surface area contributed by atoms with E-state index in [0.717, 1.165) is 39.5 Å². The van der Waals surface area contributed by atoms with Gasteiger partial charge < -0.3 is 72.9 Å². The van der Waals surface area contributed by atoms with Crippen LogP contribution in [0, 0.1) is 0 Å². The van der Waals surface area contributed by atoms with Gasteiger partial charge in [-0.2, -0.15) is 0 Å². The predicted octanol–water partition coefficient (Wildman–Crippen LogP) is 6.33. The average molecular weight is 1050 g/mol. The van der Waals surface area contributed by atoms with Crippen LogP contribution in [0.25, 0.3) is 0 Å². The van der Waals surface area contributed by atoms with E-state index in [9.17, 15) is 19.2 Å². The van der Waals surface area contributed by atoms with E-state index in [2.05, 4.69) is 0 Å². The first kappa shape index (κ1) is 58.8. The fourth-order valence-corrected chi connectivity index (χ4v) is 7.03. The van der Waals surface area contributed by atoms with Crippen molar-refractivity contribution in [3.8, 4) is 34.5 Å². The number of hydrogen-bond donors (Lipinski definition) is 4. The molecule has 0 atom stereocenters. The lowest BCUT2D eigenvalue weighted by molar-refractivity contribution is -0.122. The number of amides is 2. The van der Waals surface area contributed by atoms with Crippen molar-refractivity contribution in [3.05, 3.63) is 167 Å². The highest BCUT2D eigenvalue weighted by Gasteiger charge is 2.28. The van der Waals surface area contributed by atoms with Gasteiger partial charge in [0.1, 0.15) is 60.9 Å². The Bertz CT molecular complexity index is 2600. The molecule has 19 nitrogen and oxygen atoms in total. The van der Waals surface area contributed by atoms with E-state index in [1.54, 1.807) is 91.8 Å². The van der Waals surface area contributed by atoms with Crippen LogP contribution >= 0.6 is 0 Å². The van der Waals surface area contributed by atoms with E-state index in [-0.39, 0.29) is 44.0 Å². The van der Waals surface area contributed by atoms with Crippen molar-refractivity contribution < 1.29 is 82.2 Å². The molecule has 0 saturated carbocycles. The van der Waals surface area contributed by atoms with Gasteiger partial charge in [0.2, 0.25) is 0 Å². The Kier molecular flexibility index (Phi) is 24.5. The second kappa shape index (κ2) is 31.6. The Morgan fingerprint density at radius 3 is 1.22 bits per heavy atom. The number of anilines is 2. The number of aliphatic hydroxyl groups excluding tert-OH is 3. The number of aromatic hydroxyl groups is 1. The first-order chi connectivity index (χ1) is 36.9. The number of rotatable bonds is 21. The van der Waals surface area contributed by atoms with E-state index >= 15 is 0 Å². The smallest absolute Gasteiger partial charge is 0.337 e. The second-order valence-electron chi connectivity index (χ2n) is 16.4. The zero-order valence-corrected chi connectivity index (χ0v) is 42.9. The van der Waals surface area contributed by atoms with Gasteiger partial charge in [-0.1, -0.05) is 48.5 Å². The van der Waals surface area contributed by atoms with Gasteiger partial charge in [-0.15, -0.1) is 0 Å². The van der Waals surface area contributed by atoms with Crippen LogP contribution in [0.4, 0.5) is 11.4 Å². The fraction of sp³-hybridized carbons (Fsp3) is 0.298. The summed E-state index contributed by atoms with van der Waals surface area (Å²) >= 11 is 0. The molecule has 0 aromatic heterocycles. The number of esters is 1. The van der Waals surface area contributed by atoms with Gasteiger partial charge in [0.15, 0.2) is 19.0 Å². The number of carbonyl (C=O) groups is 4. The van der Waals surface area contributed by atoms with Crippen LogP contribution in [0.5, 0.6) is 34.5 Å². The number of benzene rings is 6. The van der Waals surface area contributed by atoms with Gasteiger partial charge in [0.05, 0.1) is 70.2 Å². The number of methoxy groups -OCH3 is 4. The Hall–Kier alpha value is -8.04. The summed E-state index contributed by atoms with van der Waals surface area (Å²) in [5.74, 6) is 2.33. The minimum Gasteiger partial charge on any atom is -0.508 e. The van der Waals surface area contributed by atoms with Crippen LogP contribution in [0.15, 0.2) is 133 Å². The second-order valence-corrected chi connectivity index (χ2v) is 16.4. The highest BCUT2D eigenvalue weighted by Crippen LogP contribution is 2.36. The highest BCUT2D eigenvalue weighted by atomic mass is 16.5. The van der Waals surface area contributed by atoms with E-state index in [1.165, 1.54) is 7.11 Å². The molecule has 6 aromatic carbocycles. The fourth-order valence-electron chi connectivity index (χ4n) is 7.03. The molecular weight excluding hydrogens is 985 g/mol. The van der Waals surface area contributed by atoms with E-state index < -0.39 is 18.4 Å². The number of ketones is 1. The summed E-state index contributed by atoms with van der Waals surface area (Å²) in [6.45, 7) is 3.21. The summed E-state index contributed by atoms with van der Waals surface area (Å²) < 4.78 is 46.8. The molecule has 0 spiro atoms. The molecule has 4 N–H and O–H groups in total. The summed E-state index contributed by atoms with van der Waals surface area (Å²) in [5, 5.41) is 35.2. The van der Waals surface area contributed by atoms with E-state index in [0.29, 0.717) is 86.7 Å². The van der Waals surface area contributed by atoms with E-state index in [1.807, 2.05) is 72.8 Å². The Balaban J connectivity index is 0.000000203. The number of hydrogen-bond acceptors (Lipinski definition) is 17. The third-order valence-corrected chi connectivity index (χ3v) is 11.1. The molecular formula is C57H64N2O17. The zero-order valence-electron chi connectivity index (χ0n) is 42.9. The molecule has 19 heteroatoms. The number of fused-ring (bicyclic) bond motifs is 2. The van der Waals surface area contributed by atoms with Crippen molar-refractivity contribution in [2.24, 2.45) is 0 Å². The lowest BCUT2D eigenvalue weighted by Crippen LogP contribution is -2.38. The number of aliphatic hydroxyl groups is 3. The molecule has 2 aliphatic rings. The normalized spacial score (nSPS) is 12.1. The molecule has 2 aliphatic heterocycles. The van der Waals surface area contributed by atoms with Crippen molar-refractivity contribution in [2.75, 3.05) is 97.7 Å². The largest absolute Gasteiger partial charge is 0.508 e. The first-order valence-corrected chi connectivity index (χ1v) is 23.9. The Morgan fingerprint density at radius 2 is 0.855 bits per heavy atom.